The second-order valence-corrected chi connectivity index (χ2v) is 3.57. The first kappa shape index (κ1) is 10.2. The van der Waals surface area contributed by atoms with E-state index in [1.54, 1.807) is 6.92 Å². The zero-order valence-electron chi connectivity index (χ0n) is 8.60. The predicted octanol–water partition coefficient (Wildman–Crippen LogP) is 3.98. The molecule has 0 heterocycles. The van der Waals surface area contributed by atoms with Crippen LogP contribution in [-0.2, 0) is 6.42 Å². The third-order valence-corrected chi connectivity index (χ3v) is 2.25. The van der Waals surface area contributed by atoms with Crippen LogP contribution >= 0.6 is 0 Å². The quantitative estimate of drug-likeness (QED) is 0.660. The van der Waals surface area contributed by atoms with Gasteiger partial charge in [0.2, 0.25) is 0 Å². The van der Waals surface area contributed by atoms with Gasteiger partial charge in [-0.1, -0.05) is 37.1 Å². The number of halogens is 1. The first-order chi connectivity index (χ1) is 6.15. The minimum absolute atomic E-state index is 0.846. The monoisotopic (exact) mass is 180 g/mol. The van der Waals surface area contributed by atoms with Crippen LogP contribution in [0.1, 0.15) is 43.1 Å². The van der Waals surface area contributed by atoms with E-state index in [0.717, 1.165) is 29.5 Å². The molecule has 0 aliphatic carbocycles. The maximum Gasteiger partial charge on any atom is 0.123 e. The van der Waals surface area contributed by atoms with E-state index in [1.807, 2.05) is 19.1 Å². The fourth-order valence-electron chi connectivity index (χ4n) is 1.58. The molecule has 1 aromatic rings. The van der Waals surface area contributed by atoms with Crippen LogP contribution in [0.25, 0.3) is 0 Å². The Kier molecular flexibility index (Phi) is 3.47. The van der Waals surface area contributed by atoms with Crippen molar-refractivity contribution >= 4 is 0 Å². The summed E-state index contributed by atoms with van der Waals surface area (Å²) in [4.78, 5) is 0. The number of hydrogen-bond acceptors (Lipinski definition) is 0. The lowest BCUT2D eigenvalue weighted by Crippen LogP contribution is -1.95. The van der Waals surface area contributed by atoms with Crippen molar-refractivity contribution in [3.8, 4) is 0 Å². The van der Waals surface area contributed by atoms with Crippen LogP contribution in [0.15, 0.2) is 18.2 Å². The zero-order valence-corrected chi connectivity index (χ0v) is 8.60. The van der Waals surface area contributed by atoms with Crippen LogP contribution in [0, 0.1) is 6.92 Å². The summed E-state index contributed by atoms with van der Waals surface area (Å²) >= 11 is 0. The van der Waals surface area contributed by atoms with Gasteiger partial charge < -0.3 is 0 Å². The molecule has 0 saturated heterocycles. The Labute approximate surface area is 79.8 Å². The third kappa shape index (κ3) is 2.55. The van der Waals surface area contributed by atoms with Crippen molar-refractivity contribution in [2.75, 3.05) is 0 Å². The van der Waals surface area contributed by atoms with Gasteiger partial charge in [-0.3, -0.25) is 0 Å². The average molecular weight is 180 g/mol. The fourth-order valence-corrected chi connectivity index (χ4v) is 1.58. The molecule has 1 atom stereocenters. The second-order valence-electron chi connectivity index (χ2n) is 3.57. The molecule has 1 heteroatoms. The predicted molar refractivity (Wildman–Crippen MR) is 54.7 cm³/mol. The Hall–Kier alpha value is -0.850. The molecular formula is C12H17F. The molecule has 0 saturated carbocycles. The van der Waals surface area contributed by atoms with Gasteiger partial charge in [-0.05, 0) is 31.4 Å². The molecule has 0 aromatic heterocycles. The molecule has 0 nitrogen and oxygen atoms in total. The molecule has 0 N–H and O–H groups in total. The van der Waals surface area contributed by atoms with E-state index in [9.17, 15) is 4.39 Å². The molecule has 0 amide bonds. The van der Waals surface area contributed by atoms with E-state index < -0.39 is 6.17 Å². The largest absolute Gasteiger partial charge is 0.243 e. The fraction of sp³-hybridized carbons (Fsp3) is 0.500. The van der Waals surface area contributed by atoms with Gasteiger partial charge in [0.25, 0.3) is 0 Å². The van der Waals surface area contributed by atoms with Crippen LogP contribution < -0.4 is 0 Å². The average Bonchev–Trinajstić information content (AvgIpc) is 2.08. The van der Waals surface area contributed by atoms with Crippen molar-refractivity contribution in [3.63, 3.8) is 0 Å². The van der Waals surface area contributed by atoms with Crippen LogP contribution in [0.2, 0.25) is 0 Å². The summed E-state index contributed by atoms with van der Waals surface area (Å²) in [6.07, 6.45) is 1.20. The number of benzene rings is 1. The lowest BCUT2D eigenvalue weighted by atomic mass is 9.98. The van der Waals surface area contributed by atoms with E-state index in [2.05, 4.69) is 13.0 Å². The summed E-state index contributed by atoms with van der Waals surface area (Å²) < 4.78 is 13.2. The molecule has 0 bridgehead atoms. The van der Waals surface area contributed by atoms with E-state index in [-0.39, 0.29) is 0 Å². The number of alkyl halides is 1. The second kappa shape index (κ2) is 4.40. The minimum atomic E-state index is -0.846. The van der Waals surface area contributed by atoms with E-state index >= 15 is 0 Å². The summed E-state index contributed by atoms with van der Waals surface area (Å²) in [5.41, 5.74) is 3.16. The Morgan fingerprint density at radius 2 is 2.08 bits per heavy atom. The van der Waals surface area contributed by atoms with Crippen molar-refractivity contribution in [1.29, 1.82) is 0 Å². The molecule has 1 rings (SSSR count). The standard InChI is InChI=1S/C12H17F/c1-4-5-11-7-6-9(2)8-12(11)10(3)13/h6-8,10H,4-5H2,1-3H3. The summed E-state index contributed by atoms with van der Waals surface area (Å²) in [6.45, 7) is 5.72. The maximum absolute atomic E-state index is 13.2. The van der Waals surface area contributed by atoms with Gasteiger partial charge in [0.1, 0.15) is 6.17 Å². The molecule has 72 valence electrons. The number of hydrogen-bond donors (Lipinski definition) is 0. The highest BCUT2D eigenvalue weighted by Crippen LogP contribution is 2.23. The van der Waals surface area contributed by atoms with E-state index in [4.69, 9.17) is 0 Å². The first-order valence-electron chi connectivity index (χ1n) is 4.88. The third-order valence-electron chi connectivity index (χ3n) is 2.25. The lowest BCUT2D eigenvalue weighted by Gasteiger charge is -2.10. The smallest absolute Gasteiger partial charge is 0.123 e. The Balaban J connectivity index is 3.03. The summed E-state index contributed by atoms with van der Waals surface area (Å²) in [6, 6.07) is 6.05. The molecule has 13 heavy (non-hydrogen) atoms. The molecule has 0 aliphatic rings. The van der Waals surface area contributed by atoms with Crippen molar-refractivity contribution in [2.45, 2.75) is 39.8 Å². The van der Waals surface area contributed by atoms with Crippen molar-refractivity contribution in [2.24, 2.45) is 0 Å². The van der Waals surface area contributed by atoms with Gasteiger partial charge in [-0.15, -0.1) is 0 Å². The SMILES string of the molecule is CCCc1ccc(C)cc1C(C)F. The van der Waals surface area contributed by atoms with Gasteiger partial charge in [0.05, 0.1) is 0 Å². The zero-order chi connectivity index (χ0) is 9.84. The first-order valence-corrected chi connectivity index (χ1v) is 4.88. The Bertz CT molecular complexity index is 276. The number of aryl methyl sites for hydroxylation is 2. The van der Waals surface area contributed by atoms with Gasteiger partial charge in [0, 0.05) is 0 Å². The topological polar surface area (TPSA) is 0 Å². The van der Waals surface area contributed by atoms with Gasteiger partial charge in [0.15, 0.2) is 0 Å². The van der Waals surface area contributed by atoms with Crippen LogP contribution in [-0.4, -0.2) is 0 Å². The summed E-state index contributed by atoms with van der Waals surface area (Å²) in [7, 11) is 0. The van der Waals surface area contributed by atoms with Crippen LogP contribution in [0.4, 0.5) is 4.39 Å². The molecule has 0 fully saturated rings. The maximum atomic E-state index is 13.2. The van der Waals surface area contributed by atoms with Crippen LogP contribution in [0.5, 0.6) is 0 Å². The lowest BCUT2D eigenvalue weighted by molar-refractivity contribution is 0.371. The molecule has 1 unspecified atom stereocenters. The van der Waals surface area contributed by atoms with Crippen molar-refractivity contribution in [1.82, 2.24) is 0 Å². The Morgan fingerprint density at radius 3 is 2.62 bits per heavy atom. The number of rotatable bonds is 3. The van der Waals surface area contributed by atoms with Crippen LogP contribution in [0.3, 0.4) is 0 Å². The highest BCUT2D eigenvalue weighted by molar-refractivity contribution is 5.33. The van der Waals surface area contributed by atoms with Crippen molar-refractivity contribution in [3.05, 3.63) is 34.9 Å². The molecule has 1 aromatic carbocycles. The highest BCUT2D eigenvalue weighted by Gasteiger charge is 2.08. The Morgan fingerprint density at radius 1 is 1.38 bits per heavy atom. The molecule has 0 spiro atoms. The summed E-state index contributed by atoms with van der Waals surface area (Å²) in [5, 5.41) is 0. The minimum Gasteiger partial charge on any atom is -0.243 e. The van der Waals surface area contributed by atoms with Crippen molar-refractivity contribution < 1.29 is 4.39 Å². The normalized spacial score (nSPS) is 12.9. The van der Waals surface area contributed by atoms with Gasteiger partial charge in [-0.25, -0.2) is 4.39 Å². The van der Waals surface area contributed by atoms with Gasteiger partial charge >= 0.3 is 0 Å². The molecular weight excluding hydrogens is 163 g/mol. The molecule has 0 radical (unpaired) electrons. The molecule has 0 aliphatic heterocycles. The van der Waals surface area contributed by atoms with Gasteiger partial charge in [-0.2, -0.15) is 0 Å². The summed E-state index contributed by atoms with van der Waals surface area (Å²) in [5.74, 6) is 0. The van der Waals surface area contributed by atoms with E-state index in [1.165, 1.54) is 0 Å². The highest BCUT2D eigenvalue weighted by atomic mass is 19.1. The van der Waals surface area contributed by atoms with E-state index in [0.29, 0.717) is 0 Å².